The Bertz CT molecular complexity index is 374. The monoisotopic (exact) mass is 209 g/mol. The van der Waals surface area contributed by atoms with Crippen LogP contribution in [0.25, 0.3) is 0 Å². The lowest BCUT2D eigenvalue weighted by Gasteiger charge is -2.21. The van der Waals surface area contributed by atoms with E-state index < -0.39 is 0 Å². The van der Waals surface area contributed by atoms with Crippen LogP contribution < -0.4 is 5.73 Å². The smallest absolute Gasteiger partial charge is 0.249 e. The molecule has 3 N–H and O–H groups in total. The summed E-state index contributed by atoms with van der Waals surface area (Å²) >= 11 is 0. The Morgan fingerprint density at radius 3 is 2.93 bits per heavy atom. The molecule has 15 heavy (non-hydrogen) atoms. The Balaban J connectivity index is 2.24. The first-order valence-corrected chi connectivity index (χ1v) is 4.98. The molecule has 1 fully saturated rings. The maximum atomic E-state index is 7.48. The average Bonchev–Trinajstić information content (AvgIpc) is 2.71. The van der Waals surface area contributed by atoms with Crippen molar-refractivity contribution in [1.29, 1.82) is 5.41 Å². The van der Waals surface area contributed by atoms with Crippen molar-refractivity contribution < 1.29 is 4.52 Å². The van der Waals surface area contributed by atoms with Crippen LogP contribution in [-0.2, 0) is 0 Å². The third kappa shape index (κ3) is 1.79. The van der Waals surface area contributed by atoms with E-state index in [0.29, 0.717) is 17.6 Å². The molecule has 0 saturated carbocycles. The summed E-state index contributed by atoms with van der Waals surface area (Å²) in [6.45, 7) is 4.68. The molecule has 0 spiro atoms. The summed E-state index contributed by atoms with van der Waals surface area (Å²) < 4.78 is 5.12. The molecule has 1 aliphatic rings. The summed E-state index contributed by atoms with van der Waals surface area (Å²) in [7, 11) is 0. The van der Waals surface area contributed by atoms with Gasteiger partial charge in [-0.05, 0) is 19.3 Å². The maximum Gasteiger partial charge on any atom is 0.249 e. The average molecular weight is 209 g/mol. The molecule has 1 unspecified atom stereocenters. The number of nitrogens with one attached hydrogen (secondary N) is 1. The number of hydrogen-bond acceptors (Lipinski definition) is 4. The van der Waals surface area contributed by atoms with Gasteiger partial charge >= 0.3 is 0 Å². The van der Waals surface area contributed by atoms with Crippen molar-refractivity contribution in [2.24, 2.45) is 11.7 Å². The van der Waals surface area contributed by atoms with E-state index in [1.165, 1.54) is 0 Å². The highest BCUT2D eigenvalue weighted by atomic mass is 16.5. The van der Waals surface area contributed by atoms with E-state index in [2.05, 4.69) is 17.1 Å². The van der Waals surface area contributed by atoms with Gasteiger partial charge in [0.25, 0.3) is 0 Å². The molecule has 6 nitrogen and oxygen atoms in total. The van der Waals surface area contributed by atoms with Gasteiger partial charge < -0.3 is 15.2 Å². The van der Waals surface area contributed by atoms with Crippen LogP contribution in [0, 0.1) is 18.3 Å². The third-order valence-electron chi connectivity index (χ3n) is 2.65. The van der Waals surface area contributed by atoms with Gasteiger partial charge in [0.15, 0.2) is 11.8 Å². The van der Waals surface area contributed by atoms with E-state index in [4.69, 9.17) is 15.7 Å². The molecule has 82 valence electrons. The highest BCUT2D eigenvalue weighted by Crippen LogP contribution is 2.33. The lowest BCUT2D eigenvalue weighted by atomic mass is 10.1. The SMILES string of the molecule is Cc1noc([C@@H]2CC(C)CN2C(=N)N)n1. The zero-order valence-electron chi connectivity index (χ0n) is 8.90. The molecule has 1 aromatic rings. The lowest BCUT2D eigenvalue weighted by Crippen LogP contribution is -2.36. The normalized spacial score (nSPS) is 25.9. The minimum atomic E-state index is -0.0290. The Kier molecular flexibility index (Phi) is 2.34. The Morgan fingerprint density at radius 2 is 2.40 bits per heavy atom. The van der Waals surface area contributed by atoms with Crippen molar-refractivity contribution in [3.63, 3.8) is 0 Å². The molecule has 0 aromatic carbocycles. The van der Waals surface area contributed by atoms with Crippen molar-refractivity contribution in [2.75, 3.05) is 6.54 Å². The molecule has 0 radical (unpaired) electrons. The molecule has 2 atom stereocenters. The summed E-state index contributed by atoms with van der Waals surface area (Å²) in [5, 5.41) is 11.2. The lowest BCUT2D eigenvalue weighted by molar-refractivity contribution is 0.282. The highest BCUT2D eigenvalue weighted by molar-refractivity contribution is 5.75. The number of nitrogens with two attached hydrogens (primary N) is 1. The minimum Gasteiger partial charge on any atom is -0.370 e. The van der Waals surface area contributed by atoms with Crippen LogP contribution in [0.5, 0.6) is 0 Å². The predicted molar refractivity (Wildman–Crippen MR) is 54.2 cm³/mol. The van der Waals surface area contributed by atoms with Gasteiger partial charge in [0.1, 0.15) is 6.04 Å². The summed E-state index contributed by atoms with van der Waals surface area (Å²) in [6, 6.07) is -0.0290. The van der Waals surface area contributed by atoms with Gasteiger partial charge in [-0.15, -0.1) is 0 Å². The zero-order valence-corrected chi connectivity index (χ0v) is 8.90. The van der Waals surface area contributed by atoms with Crippen molar-refractivity contribution in [1.82, 2.24) is 15.0 Å². The van der Waals surface area contributed by atoms with Gasteiger partial charge in [0.2, 0.25) is 5.89 Å². The van der Waals surface area contributed by atoms with Crippen molar-refractivity contribution in [2.45, 2.75) is 26.3 Å². The number of rotatable bonds is 1. The summed E-state index contributed by atoms with van der Waals surface area (Å²) in [4.78, 5) is 5.99. The number of likely N-dealkylation sites (tertiary alicyclic amines) is 1. The Morgan fingerprint density at radius 1 is 1.67 bits per heavy atom. The fraction of sp³-hybridized carbons (Fsp3) is 0.667. The van der Waals surface area contributed by atoms with E-state index >= 15 is 0 Å². The number of aryl methyl sites for hydroxylation is 1. The highest BCUT2D eigenvalue weighted by Gasteiger charge is 2.35. The third-order valence-corrected chi connectivity index (χ3v) is 2.65. The number of guanidine groups is 1. The number of aromatic nitrogens is 2. The molecule has 0 aliphatic carbocycles. The van der Waals surface area contributed by atoms with Crippen LogP contribution in [0.1, 0.15) is 31.1 Å². The van der Waals surface area contributed by atoms with Crippen LogP contribution in [0.2, 0.25) is 0 Å². The van der Waals surface area contributed by atoms with Gasteiger partial charge in [-0.2, -0.15) is 4.98 Å². The largest absolute Gasteiger partial charge is 0.370 e. The molecule has 1 aliphatic heterocycles. The fourth-order valence-corrected chi connectivity index (χ4v) is 1.99. The first-order chi connectivity index (χ1) is 7.08. The number of nitrogens with zero attached hydrogens (tertiary/aromatic N) is 3. The molecule has 2 rings (SSSR count). The van der Waals surface area contributed by atoms with Crippen LogP contribution in [-0.4, -0.2) is 27.5 Å². The van der Waals surface area contributed by atoms with Gasteiger partial charge in [-0.1, -0.05) is 12.1 Å². The van der Waals surface area contributed by atoms with Gasteiger partial charge in [0.05, 0.1) is 0 Å². The first-order valence-electron chi connectivity index (χ1n) is 4.98. The van der Waals surface area contributed by atoms with Gasteiger partial charge in [0, 0.05) is 6.54 Å². The maximum absolute atomic E-state index is 7.48. The van der Waals surface area contributed by atoms with Gasteiger partial charge in [-0.25, -0.2) is 0 Å². The van der Waals surface area contributed by atoms with Crippen molar-refractivity contribution in [3.8, 4) is 0 Å². The molecule has 0 amide bonds. The fourth-order valence-electron chi connectivity index (χ4n) is 1.99. The zero-order chi connectivity index (χ0) is 11.0. The number of hydrogen-bond donors (Lipinski definition) is 2. The first kappa shape index (κ1) is 9.95. The van der Waals surface area contributed by atoms with Crippen molar-refractivity contribution in [3.05, 3.63) is 11.7 Å². The molecular weight excluding hydrogens is 194 g/mol. The second kappa shape index (κ2) is 3.52. The summed E-state index contributed by atoms with van der Waals surface area (Å²) in [5.41, 5.74) is 5.51. The molecule has 6 heteroatoms. The second-order valence-corrected chi connectivity index (χ2v) is 4.07. The second-order valence-electron chi connectivity index (χ2n) is 4.07. The minimum absolute atomic E-state index is 0.0290. The quantitative estimate of drug-likeness (QED) is 0.523. The van der Waals surface area contributed by atoms with Gasteiger partial charge in [-0.3, -0.25) is 5.41 Å². The topological polar surface area (TPSA) is 92.0 Å². The molecular formula is C9H15N5O. The predicted octanol–water partition coefficient (Wildman–Crippen LogP) is 0.654. The van der Waals surface area contributed by atoms with E-state index in [9.17, 15) is 0 Å². The summed E-state index contributed by atoms with van der Waals surface area (Å²) in [6.07, 6.45) is 0.904. The Hall–Kier alpha value is -1.59. The standard InChI is InChI=1S/C9H15N5O/c1-5-3-7(14(4-5)9(10)11)8-12-6(2)13-15-8/h5,7H,3-4H2,1-2H3,(H3,10,11)/t5?,7-/m0/s1. The van der Waals surface area contributed by atoms with E-state index in [1.54, 1.807) is 11.8 Å². The molecule has 2 heterocycles. The Labute approximate surface area is 88.0 Å². The van der Waals surface area contributed by atoms with E-state index in [1.807, 2.05) is 0 Å². The molecule has 1 saturated heterocycles. The van der Waals surface area contributed by atoms with Crippen LogP contribution in [0.15, 0.2) is 4.52 Å². The molecule has 1 aromatic heterocycles. The summed E-state index contributed by atoms with van der Waals surface area (Å²) in [5.74, 6) is 1.74. The van der Waals surface area contributed by atoms with Crippen LogP contribution in [0.4, 0.5) is 0 Å². The van der Waals surface area contributed by atoms with Crippen LogP contribution >= 0.6 is 0 Å². The molecule has 0 bridgehead atoms. The van der Waals surface area contributed by atoms with Crippen molar-refractivity contribution >= 4 is 5.96 Å². The van der Waals surface area contributed by atoms with E-state index in [0.717, 1.165) is 13.0 Å². The van der Waals surface area contributed by atoms with Crippen LogP contribution in [0.3, 0.4) is 0 Å². The van der Waals surface area contributed by atoms with E-state index in [-0.39, 0.29) is 12.0 Å².